The van der Waals surface area contributed by atoms with Gasteiger partial charge in [0.1, 0.15) is 5.75 Å². The van der Waals surface area contributed by atoms with E-state index in [2.05, 4.69) is 14.9 Å². The van der Waals surface area contributed by atoms with E-state index >= 15 is 0 Å². The molecule has 0 aliphatic rings. The molecule has 1 aromatic heterocycles. The maximum atomic E-state index is 11.1. The van der Waals surface area contributed by atoms with Crippen LogP contribution in [0.15, 0.2) is 36.4 Å². The zero-order chi connectivity index (χ0) is 13.0. The Balaban J connectivity index is 2.10. The number of carbonyl (C=O) groups excluding carboxylic acids is 1. The Morgan fingerprint density at radius 2 is 1.83 bits per heavy atom. The second kappa shape index (κ2) is 5.13. The van der Waals surface area contributed by atoms with E-state index in [-0.39, 0.29) is 11.6 Å². The van der Waals surface area contributed by atoms with Crippen LogP contribution in [0.1, 0.15) is 10.5 Å². The monoisotopic (exact) mass is 245 g/mol. The lowest BCUT2D eigenvalue weighted by atomic mass is 10.3. The third kappa shape index (κ3) is 2.73. The number of nitrogens with two attached hydrogens (primary N) is 1. The minimum atomic E-state index is -0.540. The fourth-order valence-corrected chi connectivity index (χ4v) is 1.24. The van der Waals surface area contributed by atoms with Crippen LogP contribution in [0, 0.1) is 0 Å². The van der Waals surface area contributed by atoms with E-state index < -0.39 is 5.97 Å². The normalized spacial score (nSPS) is 9.83. The number of carbonyl (C=O) groups is 1. The van der Waals surface area contributed by atoms with Crippen LogP contribution < -0.4 is 10.5 Å². The molecule has 0 amide bonds. The van der Waals surface area contributed by atoms with Gasteiger partial charge in [-0.2, -0.15) is 0 Å². The lowest BCUT2D eigenvalue weighted by Crippen LogP contribution is -2.05. The van der Waals surface area contributed by atoms with Crippen LogP contribution in [0.5, 0.6) is 11.6 Å². The molecule has 92 valence electrons. The van der Waals surface area contributed by atoms with Crippen molar-refractivity contribution >= 4 is 11.7 Å². The van der Waals surface area contributed by atoms with Crippen molar-refractivity contribution in [3.05, 3.63) is 42.1 Å². The largest absolute Gasteiger partial charge is 0.464 e. The molecule has 18 heavy (non-hydrogen) atoms. The van der Waals surface area contributed by atoms with Crippen molar-refractivity contribution in [2.24, 2.45) is 0 Å². The molecule has 0 aliphatic carbocycles. The molecule has 0 unspecified atom stereocenters. The zero-order valence-electron chi connectivity index (χ0n) is 9.66. The predicted molar refractivity (Wildman–Crippen MR) is 64.3 cm³/mol. The summed E-state index contributed by atoms with van der Waals surface area (Å²) in [6, 6.07) is 9.87. The third-order valence-corrected chi connectivity index (χ3v) is 2.14. The van der Waals surface area contributed by atoms with Gasteiger partial charge < -0.3 is 15.2 Å². The summed E-state index contributed by atoms with van der Waals surface area (Å²) >= 11 is 0. The van der Waals surface area contributed by atoms with E-state index in [0.717, 1.165) is 0 Å². The number of esters is 1. The van der Waals surface area contributed by atoms with E-state index in [4.69, 9.17) is 10.5 Å². The highest BCUT2D eigenvalue weighted by Gasteiger charge is 2.08. The van der Waals surface area contributed by atoms with Crippen molar-refractivity contribution < 1.29 is 14.3 Å². The van der Waals surface area contributed by atoms with Crippen molar-refractivity contribution in [2.75, 3.05) is 12.8 Å². The van der Waals surface area contributed by atoms with Gasteiger partial charge >= 0.3 is 5.97 Å². The summed E-state index contributed by atoms with van der Waals surface area (Å²) < 4.78 is 9.93. The predicted octanol–water partition coefficient (Wildman–Crippen LogP) is 1.64. The van der Waals surface area contributed by atoms with E-state index in [0.29, 0.717) is 11.4 Å². The van der Waals surface area contributed by atoms with Gasteiger partial charge in [-0.25, -0.2) is 4.79 Å². The molecule has 2 aromatic rings. The standard InChI is InChI=1S/C12H11N3O3/c1-17-12(16)10-6-7-11(15-14-10)18-9-4-2-8(13)3-5-9/h2-7H,13H2,1H3. The number of ether oxygens (including phenoxy) is 2. The van der Waals surface area contributed by atoms with Crippen LogP contribution in [-0.2, 0) is 4.74 Å². The molecule has 0 bridgehead atoms. The number of hydrogen-bond donors (Lipinski definition) is 1. The molecule has 0 radical (unpaired) electrons. The SMILES string of the molecule is COC(=O)c1ccc(Oc2ccc(N)cc2)nn1. The first-order chi connectivity index (χ1) is 8.69. The number of nitrogen functional groups attached to an aromatic ring is 1. The van der Waals surface area contributed by atoms with Crippen molar-refractivity contribution in [3.63, 3.8) is 0 Å². The summed E-state index contributed by atoms with van der Waals surface area (Å²) in [7, 11) is 1.28. The number of rotatable bonds is 3. The lowest BCUT2D eigenvalue weighted by molar-refractivity contribution is 0.0592. The number of nitrogens with zero attached hydrogens (tertiary/aromatic N) is 2. The first-order valence-electron chi connectivity index (χ1n) is 5.14. The highest BCUT2D eigenvalue weighted by molar-refractivity contribution is 5.86. The van der Waals surface area contributed by atoms with Gasteiger partial charge in [0.25, 0.3) is 0 Å². The van der Waals surface area contributed by atoms with E-state index in [1.54, 1.807) is 24.3 Å². The minimum absolute atomic E-state index is 0.127. The molecule has 1 aromatic carbocycles. The maximum absolute atomic E-state index is 11.1. The van der Waals surface area contributed by atoms with Crippen LogP contribution in [0.3, 0.4) is 0 Å². The topological polar surface area (TPSA) is 87.3 Å². The van der Waals surface area contributed by atoms with Gasteiger partial charge in [0.05, 0.1) is 7.11 Å². The molecule has 0 saturated heterocycles. The Labute approximate surface area is 103 Å². The summed E-state index contributed by atoms with van der Waals surface area (Å²) in [5.74, 6) is 0.332. The summed E-state index contributed by atoms with van der Waals surface area (Å²) in [5, 5.41) is 7.45. The summed E-state index contributed by atoms with van der Waals surface area (Å²) in [5.41, 5.74) is 6.33. The van der Waals surface area contributed by atoms with E-state index in [1.807, 2.05) is 0 Å². The molecular weight excluding hydrogens is 234 g/mol. The van der Waals surface area contributed by atoms with E-state index in [1.165, 1.54) is 19.2 Å². The van der Waals surface area contributed by atoms with Gasteiger partial charge in [0.15, 0.2) is 5.69 Å². The molecule has 1 heterocycles. The molecule has 0 spiro atoms. The fourth-order valence-electron chi connectivity index (χ4n) is 1.24. The van der Waals surface area contributed by atoms with Crippen LogP contribution in [-0.4, -0.2) is 23.3 Å². The number of anilines is 1. The molecule has 0 saturated carbocycles. The van der Waals surface area contributed by atoms with Gasteiger partial charge in [-0.3, -0.25) is 0 Å². The van der Waals surface area contributed by atoms with Gasteiger partial charge in [-0.15, -0.1) is 10.2 Å². The summed E-state index contributed by atoms with van der Waals surface area (Å²) in [6.07, 6.45) is 0. The molecule has 0 fully saturated rings. The third-order valence-electron chi connectivity index (χ3n) is 2.14. The number of aromatic nitrogens is 2. The van der Waals surface area contributed by atoms with Crippen molar-refractivity contribution in [1.29, 1.82) is 0 Å². The Bertz CT molecular complexity index is 537. The van der Waals surface area contributed by atoms with Gasteiger partial charge in [-0.05, 0) is 30.3 Å². The molecule has 6 nitrogen and oxygen atoms in total. The molecule has 6 heteroatoms. The average Bonchev–Trinajstić information content (AvgIpc) is 2.41. The van der Waals surface area contributed by atoms with Gasteiger partial charge in [0, 0.05) is 11.8 Å². The molecule has 0 aliphatic heterocycles. The van der Waals surface area contributed by atoms with Crippen LogP contribution in [0.25, 0.3) is 0 Å². The second-order valence-corrected chi connectivity index (χ2v) is 3.42. The summed E-state index contributed by atoms with van der Waals surface area (Å²) in [6.45, 7) is 0. The maximum Gasteiger partial charge on any atom is 0.358 e. The number of methoxy groups -OCH3 is 1. The Morgan fingerprint density at radius 1 is 1.11 bits per heavy atom. The average molecular weight is 245 g/mol. The molecule has 2 N–H and O–H groups in total. The molecule has 2 rings (SSSR count). The van der Waals surface area contributed by atoms with Crippen LogP contribution in [0.4, 0.5) is 5.69 Å². The van der Waals surface area contributed by atoms with Crippen molar-refractivity contribution in [3.8, 4) is 11.6 Å². The summed E-state index contributed by atoms with van der Waals surface area (Å²) in [4.78, 5) is 11.1. The highest BCUT2D eigenvalue weighted by atomic mass is 16.5. The van der Waals surface area contributed by atoms with E-state index in [9.17, 15) is 4.79 Å². The van der Waals surface area contributed by atoms with Crippen LogP contribution in [0.2, 0.25) is 0 Å². The van der Waals surface area contributed by atoms with Gasteiger partial charge in [-0.1, -0.05) is 0 Å². The molecule has 0 atom stereocenters. The lowest BCUT2D eigenvalue weighted by Gasteiger charge is -2.04. The minimum Gasteiger partial charge on any atom is -0.464 e. The Kier molecular flexibility index (Phi) is 3.38. The number of benzene rings is 1. The highest BCUT2D eigenvalue weighted by Crippen LogP contribution is 2.19. The Hall–Kier alpha value is -2.63. The Morgan fingerprint density at radius 3 is 2.39 bits per heavy atom. The van der Waals surface area contributed by atoms with Gasteiger partial charge in [0.2, 0.25) is 5.88 Å². The first kappa shape index (κ1) is 11.8. The zero-order valence-corrected chi connectivity index (χ0v) is 9.66. The van der Waals surface area contributed by atoms with Crippen LogP contribution >= 0.6 is 0 Å². The first-order valence-corrected chi connectivity index (χ1v) is 5.14. The molecular formula is C12H11N3O3. The fraction of sp³-hybridized carbons (Fsp3) is 0.0833. The quantitative estimate of drug-likeness (QED) is 0.653. The second-order valence-electron chi connectivity index (χ2n) is 3.42. The smallest absolute Gasteiger partial charge is 0.358 e. The number of hydrogen-bond acceptors (Lipinski definition) is 6. The van der Waals surface area contributed by atoms with Crippen molar-refractivity contribution in [1.82, 2.24) is 10.2 Å². The van der Waals surface area contributed by atoms with Crippen molar-refractivity contribution in [2.45, 2.75) is 0 Å².